The Bertz CT molecular complexity index is 2020. The van der Waals surface area contributed by atoms with Crippen molar-refractivity contribution in [1.29, 1.82) is 0 Å². The number of halogens is 2. The van der Waals surface area contributed by atoms with E-state index in [9.17, 15) is 32.5 Å². The molecule has 2 saturated heterocycles. The number of carbonyl (C=O) groups excluding carboxylic acids is 4. The van der Waals surface area contributed by atoms with Crippen molar-refractivity contribution >= 4 is 63.5 Å². The van der Waals surface area contributed by atoms with Crippen molar-refractivity contribution in [3.63, 3.8) is 0 Å². The number of nitrogens with zero attached hydrogens (tertiary/aromatic N) is 2. The fourth-order valence-corrected chi connectivity index (χ4v) is 9.45. The summed E-state index contributed by atoms with van der Waals surface area (Å²) in [6.45, 7) is 2.78. The normalized spacial score (nSPS) is 20.2. The zero-order chi connectivity index (χ0) is 37.2. The number of thiophene rings is 1. The number of fused-ring (bicyclic) bond motifs is 2. The van der Waals surface area contributed by atoms with Crippen LogP contribution in [0.5, 0.6) is 0 Å². The van der Waals surface area contributed by atoms with E-state index in [1.54, 1.807) is 11.1 Å². The Hall–Kier alpha value is -4.04. The van der Waals surface area contributed by atoms with Crippen LogP contribution in [-0.4, -0.2) is 78.1 Å². The molecule has 2 aromatic heterocycles. The second-order valence-corrected chi connectivity index (χ2v) is 19.2. The lowest BCUT2D eigenvalue weighted by atomic mass is 10.1. The lowest BCUT2D eigenvalue weighted by molar-refractivity contribution is -0.142. The van der Waals surface area contributed by atoms with Crippen LogP contribution < -0.4 is 21.7 Å². The molecule has 16 heteroatoms. The highest BCUT2D eigenvalue weighted by molar-refractivity contribution is 7.63. The Balaban J connectivity index is 1.17. The van der Waals surface area contributed by atoms with E-state index in [0.717, 1.165) is 35.1 Å². The van der Waals surface area contributed by atoms with Crippen LogP contribution in [0.3, 0.4) is 0 Å². The summed E-state index contributed by atoms with van der Waals surface area (Å²) in [6, 6.07) is 12.7. The number of hydrogen-bond acceptors (Lipinski definition) is 9. The first kappa shape index (κ1) is 37.7. The first-order valence-electron chi connectivity index (χ1n) is 17.1. The summed E-state index contributed by atoms with van der Waals surface area (Å²) < 4.78 is 42.5. The topological polar surface area (TPSA) is 164 Å². The Morgan fingerprint density at radius 3 is 2.60 bits per heavy atom. The molecule has 0 saturated carbocycles. The van der Waals surface area contributed by atoms with Crippen LogP contribution in [0, 0.1) is 0 Å². The van der Waals surface area contributed by atoms with Gasteiger partial charge in [0.05, 0.1) is 10.9 Å². The smallest absolute Gasteiger partial charge is 0.322 e. The summed E-state index contributed by atoms with van der Waals surface area (Å²) in [4.78, 5) is 60.7. The molecular formula is C36H41F2N6O5PS2. The standard InChI is InChI=1S/C36H41F2N6O5PS2/c1-50(2,49)36(37,38)23-8-12-29-22(17-23)18-30(52-29)33(47)43-27-20-40-15-14-24-9-11-28(44(24)35(27)48)32(46)42-26(10-13-31(39)45)34-41-19-25(51-34)16-21-6-4-3-5-7-21/h3-8,12,17-19,24,26-28,40H,9-11,13-16,20H2,1-2H3,(H2,39,45)(H,42,46)(H,43,47)/t24-,26+,27+,28+/m1/s1. The van der Waals surface area contributed by atoms with Gasteiger partial charge in [0.2, 0.25) is 17.7 Å². The second-order valence-electron chi connectivity index (χ2n) is 13.7. The number of thiazole rings is 1. The average molecular weight is 771 g/mol. The van der Waals surface area contributed by atoms with Gasteiger partial charge in [-0.1, -0.05) is 36.4 Å². The molecule has 2 fully saturated rings. The molecule has 0 spiro atoms. The first-order chi connectivity index (χ1) is 24.7. The predicted octanol–water partition coefficient (Wildman–Crippen LogP) is 5.19. The number of carbonyl (C=O) groups is 4. The fraction of sp³-hybridized carbons (Fsp3) is 0.417. The lowest BCUT2D eigenvalue weighted by Gasteiger charge is -2.35. The van der Waals surface area contributed by atoms with Crippen LogP contribution in [0.4, 0.5) is 8.78 Å². The highest BCUT2D eigenvalue weighted by atomic mass is 32.1. The molecule has 5 N–H and O–H groups in total. The molecule has 0 unspecified atom stereocenters. The number of alkyl halides is 2. The maximum Gasteiger partial charge on any atom is 0.322 e. The molecule has 6 rings (SSSR count). The highest BCUT2D eigenvalue weighted by Gasteiger charge is 2.46. The predicted molar refractivity (Wildman–Crippen MR) is 198 cm³/mol. The molecule has 2 aliphatic heterocycles. The number of rotatable bonds is 12. The number of nitrogens with one attached hydrogen (secondary N) is 3. The Morgan fingerprint density at radius 1 is 1.10 bits per heavy atom. The minimum Gasteiger partial charge on any atom is -0.370 e. The second kappa shape index (κ2) is 15.5. The molecule has 2 aromatic carbocycles. The summed E-state index contributed by atoms with van der Waals surface area (Å²) in [7, 11) is -3.79. The van der Waals surface area contributed by atoms with Crippen LogP contribution in [-0.2, 0) is 31.0 Å². The van der Waals surface area contributed by atoms with Crippen molar-refractivity contribution in [1.82, 2.24) is 25.8 Å². The minimum absolute atomic E-state index is 0.0355. The minimum atomic E-state index is -3.79. The number of primary amides is 1. The molecule has 0 bridgehead atoms. The fourth-order valence-electron chi connectivity index (χ4n) is 6.71. The van der Waals surface area contributed by atoms with Crippen LogP contribution in [0.25, 0.3) is 10.1 Å². The van der Waals surface area contributed by atoms with Gasteiger partial charge in [-0.15, -0.1) is 22.7 Å². The highest BCUT2D eigenvalue weighted by Crippen LogP contribution is 2.60. The van der Waals surface area contributed by atoms with E-state index in [1.165, 1.54) is 35.6 Å². The zero-order valence-electron chi connectivity index (χ0n) is 28.8. The average Bonchev–Trinajstić information content (AvgIpc) is 3.85. The third kappa shape index (κ3) is 8.27. The van der Waals surface area contributed by atoms with Crippen LogP contribution >= 0.6 is 29.8 Å². The van der Waals surface area contributed by atoms with Gasteiger partial charge in [0, 0.05) is 46.8 Å². The van der Waals surface area contributed by atoms with Gasteiger partial charge in [-0.05, 0) is 74.7 Å². The molecule has 0 radical (unpaired) electrons. The molecule has 4 amide bonds. The number of aromatic nitrogens is 1. The monoisotopic (exact) mass is 770 g/mol. The maximum absolute atomic E-state index is 14.8. The van der Waals surface area contributed by atoms with E-state index in [4.69, 9.17) is 5.73 Å². The summed E-state index contributed by atoms with van der Waals surface area (Å²) >= 11 is 2.54. The van der Waals surface area contributed by atoms with Gasteiger partial charge in [-0.3, -0.25) is 19.2 Å². The van der Waals surface area contributed by atoms with E-state index in [2.05, 4.69) is 20.9 Å². The zero-order valence-corrected chi connectivity index (χ0v) is 31.3. The molecule has 4 atom stereocenters. The van der Waals surface area contributed by atoms with Gasteiger partial charge < -0.3 is 31.1 Å². The molecule has 4 aromatic rings. The number of benzene rings is 2. The number of amides is 4. The van der Waals surface area contributed by atoms with Crippen molar-refractivity contribution in [3.05, 3.63) is 86.7 Å². The molecule has 276 valence electrons. The van der Waals surface area contributed by atoms with Crippen molar-refractivity contribution < 1.29 is 32.5 Å². The van der Waals surface area contributed by atoms with Crippen molar-refractivity contribution in [2.45, 2.75) is 68.4 Å². The van der Waals surface area contributed by atoms with E-state index in [1.807, 2.05) is 30.3 Å². The Morgan fingerprint density at radius 2 is 1.87 bits per heavy atom. The van der Waals surface area contributed by atoms with E-state index in [0.29, 0.717) is 47.3 Å². The van der Waals surface area contributed by atoms with Gasteiger partial charge >= 0.3 is 5.66 Å². The van der Waals surface area contributed by atoms with Crippen LogP contribution in [0.2, 0.25) is 0 Å². The Kier molecular flexibility index (Phi) is 11.3. The molecule has 4 heterocycles. The van der Waals surface area contributed by atoms with Crippen LogP contribution in [0.1, 0.15) is 68.8 Å². The third-order valence-corrected chi connectivity index (χ3v) is 13.4. The largest absolute Gasteiger partial charge is 0.370 e. The van der Waals surface area contributed by atoms with E-state index < -0.39 is 48.7 Å². The molecule has 0 aliphatic carbocycles. The Labute approximate surface area is 308 Å². The SMILES string of the molecule is CP(C)(=O)C(F)(F)c1ccc2sc(C(=O)N[C@H]3CNCC[C@H]4CC[C@@H](C(=O)N[C@@H](CCC(N)=O)c5ncc(Cc6ccccc6)s5)N4C3=O)cc2c1. The van der Waals surface area contributed by atoms with Crippen LogP contribution in [0.15, 0.2) is 60.8 Å². The van der Waals surface area contributed by atoms with Gasteiger partial charge in [-0.25, -0.2) is 4.98 Å². The van der Waals surface area contributed by atoms with Crippen molar-refractivity contribution in [3.8, 4) is 0 Å². The van der Waals surface area contributed by atoms with Gasteiger partial charge in [0.25, 0.3) is 5.91 Å². The molecule has 11 nitrogen and oxygen atoms in total. The number of nitrogens with two attached hydrogens (primary N) is 1. The van der Waals surface area contributed by atoms with Crippen molar-refractivity contribution in [2.24, 2.45) is 5.73 Å². The molecular weight excluding hydrogens is 730 g/mol. The quantitative estimate of drug-likeness (QED) is 0.144. The summed E-state index contributed by atoms with van der Waals surface area (Å²) in [5.74, 6) is -1.83. The number of hydrogen-bond donors (Lipinski definition) is 4. The molecule has 2 aliphatic rings. The van der Waals surface area contributed by atoms with E-state index >= 15 is 0 Å². The summed E-state index contributed by atoms with van der Waals surface area (Å²) in [6.07, 6.45) is 4.37. The van der Waals surface area contributed by atoms with Gasteiger partial charge in [0.15, 0.2) is 7.14 Å². The van der Waals surface area contributed by atoms with Gasteiger partial charge in [-0.2, -0.15) is 8.78 Å². The van der Waals surface area contributed by atoms with Gasteiger partial charge in [0.1, 0.15) is 17.1 Å². The van der Waals surface area contributed by atoms with Crippen molar-refractivity contribution in [2.75, 3.05) is 26.4 Å². The lowest BCUT2D eigenvalue weighted by Crippen LogP contribution is -2.60. The first-order valence-corrected chi connectivity index (χ1v) is 21.3. The summed E-state index contributed by atoms with van der Waals surface area (Å²) in [5, 5.41) is 10.1. The third-order valence-electron chi connectivity index (χ3n) is 9.52. The summed E-state index contributed by atoms with van der Waals surface area (Å²) in [5.41, 5.74) is 2.68. The molecule has 52 heavy (non-hydrogen) atoms. The van der Waals surface area contributed by atoms with E-state index in [-0.39, 0.29) is 41.8 Å². The maximum atomic E-state index is 14.8.